The molecule has 28 heavy (non-hydrogen) atoms. The zero-order valence-electron chi connectivity index (χ0n) is 15.0. The van der Waals surface area contributed by atoms with Crippen molar-refractivity contribution in [3.05, 3.63) is 53.4 Å². The van der Waals surface area contributed by atoms with Gasteiger partial charge in [0, 0.05) is 36.9 Å². The lowest BCUT2D eigenvalue weighted by Crippen LogP contribution is -2.57. The normalized spacial score (nSPS) is 22.3. The Morgan fingerprint density at radius 2 is 1.86 bits per heavy atom. The summed E-state index contributed by atoms with van der Waals surface area (Å²) in [6, 6.07) is 10.1. The van der Waals surface area contributed by atoms with Gasteiger partial charge in [0.1, 0.15) is 12.2 Å². The average Bonchev–Trinajstić information content (AvgIpc) is 3.39. The first-order valence-electron chi connectivity index (χ1n) is 9.01. The van der Waals surface area contributed by atoms with Crippen molar-refractivity contribution in [1.82, 2.24) is 26.2 Å². The lowest BCUT2D eigenvalue weighted by molar-refractivity contribution is -0.134. The molecule has 2 fully saturated rings. The topological polar surface area (TPSA) is 102 Å². The SMILES string of the molecule is O=C(c1ccco1)N1CCN(C(=O)C2NNNC2Nc2cccc(Cl)c2)CC1. The summed E-state index contributed by atoms with van der Waals surface area (Å²) in [4.78, 5) is 28.8. The number of hydrogen-bond acceptors (Lipinski definition) is 7. The van der Waals surface area contributed by atoms with Gasteiger partial charge in [0.15, 0.2) is 5.76 Å². The van der Waals surface area contributed by atoms with Crippen molar-refractivity contribution in [1.29, 1.82) is 0 Å². The highest BCUT2D eigenvalue weighted by Crippen LogP contribution is 2.17. The summed E-state index contributed by atoms with van der Waals surface area (Å²) in [6.07, 6.45) is 1.12. The Morgan fingerprint density at radius 1 is 1.07 bits per heavy atom. The second-order valence-corrected chi connectivity index (χ2v) is 7.05. The summed E-state index contributed by atoms with van der Waals surface area (Å²) in [5.74, 6) is 0.110. The van der Waals surface area contributed by atoms with Gasteiger partial charge in [0.25, 0.3) is 5.91 Å². The molecule has 2 unspecified atom stereocenters. The molecule has 10 heteroatoms. The van der Waals surface area contributed by atoms with Crippen LogP contribution < -0.4 is 21.7 Å². The number of anilines is 1. The summed E-state index contributed by atoms with van der Waals surface area (Å²) < 4.78 is 5.17. The third kappa shape index (κ3) is 3.97. The van der Waals surface area contributed by atoms with Gasteiger partial charge < -0.3 is 19.5 Å². The minimum absolute atomic E-state index is 0.0536. The van der Waals surface area contributed by atoms with Gasteiger partial charge in [-0.05, 0) is 30.3 Å². The van der Waals surface area contributed by atoms with E-state index in [0.29, 0.717) is 37.0 Å². The molecule has 1 aromatic heterocycles. The monoisotopic (exact) mass is 404 g/mol. The number of rotatable bonds is 4. The van der Waals surface area contributed by atoms with Crippen LogP contribution in [0.4, 0.5) is 5.69 Å². The van der Waals surface area contributed by atoms with Gasteiger partial charge >= 0.3 is 0 Å². The van der Waals surface area contributed by atoms with Crippen molar-refractivity contribution in [2.45, 2.75) is 12.2 Å². The Labute approximate surface area is 166 Å². The van der Waals surface area contributed by atoms with Crippen LogP contribution in [0.3, 0.4) is 0 Å². The van der Waals surface area contributed by atoms with Crippen molar-refractivity contribution in [3.63, 3.8) is 0 Å². The van der Waals surface area contributed by atoms with E-state index in [1.54, 1.807) is 34.1 Å². The molecular formula is C18H21ClN6O3. The number of nitrogens with zero attached hydrogens (tertiary/aromatic N) is 2. The Bertz CT molecular complexity index is 838. The van der Waals surface area contributed by atoms with Crippen LogP contribution in [0.25, 0.3) is 0 Å². The van der Waals surface area contributed by atoms with Crippen LogP contribution in [0, 0.1) is 0 Å². The largest absolute Gasteiger partial charge is 0.459 e. The summed E-state index contributed by atoms with van der Waals surface area (Å²) in [6.45, 7) is 1.86. The number of halogens is 1. The maximum absolute atomic E-state index is 13.0. The molecule has 0 radical (unpaired) electrons. The third-order valence-corrected chi connectivity index (χ3v) is 5.05. The minimum Gasteiger partial charge on any atom is -0.459 e. The predicted octanol–water partition coefficient (Wildman–Crippen LogP) is 0.637. The Kier molecular flexibility index (Phi) is 5.49. The molecule has 0 spiro atoms. The number of hydrogen-bond donors (Lipinski definition) is 4. The van der Waals surface area contributed by atoms with Crippen molar-refractivity contribution < 1.29 is 14.0 Å². The molecule has 2 amide bonds. The number of hydrazine groups is 2. The smallest absolute Gasteiger partial charge is 0.289 e. The molecule has 0 aliphatic carbocycles. The summed E-state index contributed by atoms with van der Waals surface area (Å²) in [7, 11) is 0. The Balaban J connectivity index is 1.34. The molecule has 2 aromatic rings. The van der Waals surface area contributed by atoms with Crippen LogP contribution >= 0.6 is 11.6 Å². The van der Waals surface area contributed by atoms with E-state index in [1.165, 1.54) is 6.26 Å². The van der Waals surface area contributed by atoms with Crippen LogP contribution in [0.1, 0.15) is 10.6 Å². The van der Waals surface area contributed by atoms with Crippen molar-refractivity contribution in [3.8, 4) is 0 Å². The second-order valence-electron chi connectivity index (χ2n) is 6.62. The molecule has 1 aromatic carbocycles. The predicted molar refractivity (Wildman–Crippen MR) is 103 cm³/mol. The lowest BCUT2D eigenvalue weighted by Gasteiger charge is -2.36. The number of carbonyl (C=O) groups is 2. The van der Waals surface area contributed by atoms with Crippen LogP contribution in [-0.2, 0) is 4.79 Å². The highest BCUT2D eigenvalue weighted by Gasteiger charge is 2.37. The van der Waals surface area contributed by atoms with Crippen molar-refractivity contribution in [2.24, 2.45) is 0 Å². The number of piperazine rings is 1. The highest BCUT2D eigenvalue weighted by molar-refractivity contribution is 6.30. The number of carbonyl (C=O) groups excluding carboxylic acids is 2. The van der Waals surface area contributed by atoms with Crippen molar-refractivity contribution in [2.75, 3.05) is 31.5 Å². The van der Waals surface area contributed by atoms with Gasteiger partial charge in [-0.1, -0.05) is 17.7 Å². The molecule has 148 valence electrons. The maximum atomic E-state index is 13.0. The van der Waals surface area contributed by atoms with Crippen LogP contribution in [0.5, 0.6) is 0 Å². The molecule has 2 atom stereocenters. The van der Waals surface area contributed by atoms with Gasteiger partial charge in [0.05, 0.1) is 6.26 Å². The molecule has 3 heterocycles. The summed E-state index contributed by atoms with van der Waals surface area (Å²) >= 11 is 6.02. The molecule has 2 aliphatic rings. The van der Waals surface area contributed by atoms with E-state index in [-0.39, 0.29) is 18.0 Å². The number of amides is 2. The molecule has 0 bridgehead atoms. The van der Waals surface area contributed by atoms with Crippen LogP contribution in [0.15, 0.2) is 47.1 Å². The fourth-order valence-electron chi connectivity index (χ4n) is 3.33. The van der Waals surface area contributed by atoms with E-state index < -0.39 is 6.04 Å². The van der Waals surface area contributed by atoms with E-state index in [4.69, 9.17) is 16.0 Å². The summed E-state index contributed by atoms with van der Waals surface area (Å²) in [5.41, 5.74) is 9.56. The van der Waals surface area contributed by atoms with E-state index in [0.717, 1.165) is 5.69 Å². The van der Waals surface area contributed by atoms with Crippen LogP contribution in [-0.4, -0.2) is 60.0 Å². The first-order chi connectivity index (χ1) is 13.6. The van der Waals surface area contributed by atoms with E-state index >= 15 is 0 Å². The maximum Gasteiger partial charge on any atom is 0.289 e. The number of nitrogens with one attached hydrogen (secondary N) is 4. The standard InChI is InChI=1S/C18H21ClN6O3/c19-12-3-1-4-13(11-12)20-16-15(21-23-22-16)18(27)25-8-6-24(7-9-25)17(26)14-5-2-10-28-14/h1-5,10-11,15-16,20-23H,6-9H2. The minimum atomic E-state index is -0.508. The van der Waals surface area contributed by atoms with Gasteiger partial charge in [0.2, 0.25) is 5.91 Å². The zero-order valence-corrected chi connectivity index (χ0v) is 15.8. The molecule has 9 nitrogen and oxygen atoms in total. The fraction of sp³-hybridized carbons (Fsp3) is 0.333. The Morgan fingerprint density at radius 3 is 2.57 bits per heavy atom. The zero-order chi connectivity index (χ0) is 19.5. The molecule has 0 saturated carbocycles. The lowest BCUT2D eigenvalue weighted by atomic mass is 10.1. The molecule has 2 saturated heterocycles. The fourth-order valence-corrected chi connectivity index (χ4v) is 3.52. The molecular weight excluding hydrogens is 384 g/mol. The third-order valence-electron chi connectivity index (χ3n) is 4.81. The highest BCUT2D eigenvalue weighted by atomic mass is 35.5. The summed E-state index contributed by atoms with van der Waals surface area (Å²) in [5, 5.41) is 3.87. The Hall–Kier alpha value is -2.59. The van der Waals surface area contributed by atoms with Gasteiger partial charge in [-0.25, -0.2) is 10.9 Å². The number of benzene rings is 1. The first-order valence-corrected chi connectivity index (χ1v) is 9.39. The van der Waals surface area contributed by atoms with E-state index in [2.05, 4.69) is 21.7 Å². The van der Waals surface area contributed by atoms with Gasteiger partial charge in [-0.15, -0.1) is 0 Å². The number of furan rings is 1. The first kappa shape index (κ1) is 18.8. The van der Waals surface area contributed by atoms with E-state index in [9.17, 15) is 9.59 Å². The van der Waals surface area contributed by atoms with E-state index in [1.807, 2.05) is 12.1 Å². The van der Waals surface area contributed by atoms with Gasteiger partial charge in [-0.2, -0.15) is 5.53 Å². The average molecular weight is 405 g/mol. The molecule has 2 aliphatic heterocycles. The second kappa shape index (κ2) is 8.19. The molecule has 4 rings (SSSR count). The van der Waals surface area contributed by atoms with Crippen LogP contribution in [0.2, 0.25) is 5.02 Å². The molecule has 4 N–H and O–H groups in total. The quantitative estimate of drug-likeness (QED) is 0.593. The van der Waals surface area contributed by atoms with Crippen molar-refractivity contribution >= 4 is 29.1 Å². The van der Waals surface area contributed by atoms with Gasteiger partial charge in [-0.3, -0.25) is 9.59 Å².